The van der Waals surface area contributed by atoms with Crippen LogP contribution in [0.1, 0.15) is 41.7 Å². The molecule has 2 atom stereocenters. The maximum atomic E-state index is 11.9. The molecule has 1 aliphatic heterocycles. The first kappa shape index (κ1) is 13.9. The van der Waals surface area contributed by atoms with Crippen LogP contribution in [0.25, 0.3) is 0 Å². The third-order valence-corrected chi connectivity index (χ3v) is 4.98. The van der Waals surface area contributed by atoms with Gasteiger partial charge in [0.1, 0.15) is 0 Å². The molecule has 104 valence electrons. The number of nitrogens with zero attached hydrogens (tertiary/aromatic N) is 1. The molecule has 3 heteroatoms. The Kier molecular flexibility index (Phi) is 3.33. The second kappa shape index (κ2) is 4.55. The summed E-state index contributed by atoms with van der Waals surface area (Å²) in [7, 11) is 0. The molecule has 1 aliphatic rings. The van der Waals surface area contributed by atoms with Gasteiger partial charge in [-0.2, -0.15) is 0 Å². The van der Waals surface area contributed by atoms with Crippen LogP contribution in [0, 0.1) is 40.5 Å². The number of carbonyl (C=O) groups excluding carboxylic acids is 1. The van der Waals surface area contributed by atoms with E-state index in [-0.39, 0.29) is 17.9 Å². The minimum atomic E-state index is 0.0284. The van der Waals surface area contributed by atoms with Gasteiger partial charge < -0.3 is 0 Å². The highest BCUT2D eigenvalue weighted by atomic mass is 16.2. The Morgan fingerprint density at radius 1 is 0.842 bits per heavy atom. The first-order valence-corrected chi connectivity index (χ1v) is 6.94. The number of anilines is 1. The third-order valence-electron chi connectivity index (χ3n) is 4.98. The van der Waals surface area contributed by atoms with E-state index in [1.54, 1.807) is 0 Å². The second-order valence-corrected chi connectivity index (χ2v) is 5.85. The molecule has 1 heterocycles. The van der Waals surface area contributed by atoms with Crippen molar-refractivity contribution in [1.29, 1.82) is 0 Å². The van der Waals surface area contributed by atoms with Crippen LogP contribution in [0.5, 0.6) is 0 Å². The number of carbonyl (C=O) groups is 1. The number of nitrogens with one attached hydrogen (secondary N) is 1. The Labute approximate surface area is 116 Å². The Morgan fingerprint density at radius 3 is 1.63 bits per heavy atom. The summed E-state index contributed by atoms with van der Waals surface area (Å²) in [5.74, 6) is 0.142. The Morgan fingerprint density at radius 2 is 1.26 bits per heavy atom. The quantitative estimate of drug-likeness (QED) is 0.841. The van der Waals surface area contributed by atoms with Crippen molar-refractivity contribution in [3.8, 4) is 0 Å². The lowest BCUT2D eigenvalue weighted by Gasteiger charge is -2.30. The first-order chi connectivity index (χ1) is 8.77. The van der Waals surface area contributed by atoms with Gasteiger partial charge in [-0.3, -0.25) is 15.2 Å². The van der Waals surface area contributed by atoms with Gasteiger partial charge in [0.05, 0.1) is 17.6 Å². The van der Waals surface area contributed by atoms with Crippen molar-refractivity contribution in [2.45, 2.75) is 54.5 Å². The molecule has 2 rings (SSSR count). The summed E-state index contributed by atoms with van der Waals surface area (Å²) in [6.07, 6.45) is 0. The van der Waals surface area contributed by atoms with Crippen LogP contribution in [0.2, 0.25) is 0 Å². The normalized spacial score (nSPS) is 22.9. The summed E-state index contributed by atoms with van der Waals surface area (Å²) in [5, 5.41) is 2.05. The van der Waals surface area contributed by atoms with E-state index in [0.29, 0.717) is 0 Å². The van der Waals surface area contributed by atoms with Crippen molar-refractivity contribution in [1.82, 2.24) is 5.43 Å². The first-order valence-electron chi connectivity index (χ1n) is 6.94. The number of rotatable bonds is 1. The van der Waals surface area contributed by atoms with Gasteiger partial charge in [0, 0.05) is 0 Å². The summed E-state index contributed by atoms with van der Waals surface area (Å²) >= 11 is 0. The number of hydrogen-bond donors (Lipinski definition) is 1. The highest BCUT2D eigenvalue weighted by Gasteiger charge is 2.36. The standard InChI is InChI=1S/C16H24N2O/c1-8-9(2)11(4)15(12(5)10(8)3)18-14(7)13(6)16(19)17-18/h13-14H,1-7H3,(H,17,19). The van der Waals surface area contributed by atoms with Crippen molar-refractivity contribution in [2.24, 2.45) is 5.92 Å². The molecular weight excluding hydrogens is 236 g/mol. The van der Waals surface area contributed by atoms with Gasteiger partial charge in [-0.25, -0.2) is 0 Å². The fourth-order valence-electron chi connectivity index (χ4n) is 2.87. The highest BCUT2D eigenvalue weighted by molar-refractivity contribution is 5.86. The van der Waals surface area contributed by atoms with Crippen LogP contribution in [0.15, 0.2) is 0 Å². The molecule has 1 amide bonds. The zero-order valence-electron chi connectivity index (χ0n) is 13.0. The maximum Gasteiger partial charge on any atom is 0.243 e. The lowest BCUT2D eigenvalue weighted by molar-refractivity contribution is -0.122. The predicted octanol–water partition coefficient (Wildman–Crippen LogP) is 3.10. The van der Waals surface area contributed by atoms with Crippen LogP contribution >= 0.6 is 0 Å². The number of hydrazine groups is 1. The topological polar surface area (TPSA) is 32.3 Å². The minimum absolute atomic E-state index is 0.0284. The van der Waals surface area contributed by atoms with Gasteiger partial charge in [0.15, 0.2) is 0 Å². The molecule has 1 aromatic carbocycles. The van der Waals surface area contributed by atoms with E-state index in [2.05, 4.69) is 52.0 Å². The number of benzene rings is 1. The van der Waals surface area contributed by atoms with Crippen molar-refractivity contribution >= 4 is 11.6 Å². The molecule has 1 fully saturated rings. The molecule has 1 aromatic rings. The summed E-state index contributed by atoms with van der Waals surface area (Å²) in [6, 6.07) is 0.186. The predicted molar refractivity (Wildman–Crippen MR) is 79.4 cm³/mol. The van der Waals surface area contributed by atoms with Gasteiger partial charge >= 0.3 is 0 Å². The van der Waals surface area contributed by atoms with Crippen molar-refractivity contribution in [3.05, 3.63) is 27.8 Å². The van der Waals surface area contributed by atoms with E-state index in [9.17, 15) is 4.79 Å². The molecule has 0 bridgehead atoms. The molecule has 2 unspecified atom stereocenters. The average Bonchev–Trinajstić information content (AvgIpc) is 2.62. The van der Waals surface area contributed by atoms with Crippen LogP contribution in [0.4, 0.5) is 5.69 Å². The monoisotopic (exact) mass is 260 g/mol. The zero-order chi connectivity index (χ0) is 14.5. The lowest BCUT2D eigenvalue weighted by atomic mass is 9.92. The Hall–Kier alpha value is -1.51. The lowest BCUT2D eigenvalue weighted by Crippen LogP contribution is -2.38. The molecule has 0 aliphatic carbocycles. The number of amides is 1. The highest BCUT2D eigenvalue weighted by Crippen LogP contribution is 2.35. The summed E-state index contributed by atoms with van der Waals surface area (Å²) in [6.45, 7) is 14.9. The van der Waals surface area contributed by atoms with E-state index in [1.807, 2.05) is 6.92 Å². The van der Waals surface area contributed by atoms with Gasteiger partial charge in [-0.15, -0.1) is 0 Å². The van der Waals surface area contributed by atoms with Gasteiger partial charge in [-0.1, -0.05) is 6.92 Å². The van der Waals surface area contributed by atoms with Crippen molar-refractivity contribution in [3.63, 3.8) is 0 Å². The Balaban J connectivity index is 2.61. The minimum Gasteiger partial charge on any atom is -0.281 e. The van der Waals surface area contributed by atoms with Crippen LogP contribution in [-0.2, 0) is 4.79 Å². The Bertz CT molecular complexity index is 519. The summed E-state index contributed by atoms with van der Waals surface area (Å²) < 4.78 is 0. The molecule has 1 saturated heterocycles. The zero-order valence-corrected chi connectivity index (χ0v) is 13.0. The fourth-order valence-corrected chi connectivity index (χ4v) is 2.87. The largest absolute Gasteiger partial charge is 0.281 e. The van der Waals surface area contributed by atoms with E-state index < -0.39 is 0 Å². The maximum absolute atomic E-state index is 11.9. The SMILES string of the molecule is Cc1c(C)c(C)c(N2NC(=O)C(C)C2C)c(C)c1C. The van der Waals surface area contributed by atoms with Crippen LogP contribution < -0.4 is 10.4 Å². The van der Waals surface area contributed by atoms with Gasteiger partial charge in [-0.05, 0) is 69.4 Å². The number of hydrogen-bond acceptors (Lipinski definition) is 2. The molecular formula is C16H24N2O. The van der Waals surface area contributed by atoms with Gasteiger partial charge in [0.2, 0.25) is 5.91 Å². The molecule has 0 radical (unpaired) electrons. The van der Waals surface area contributed by atoms with E-state index >= 15 is 0 Å². The van der Waals surface area contributed by atoms with Crippen LogP contribution in [-0.4, -0.2) is 11.9 Å². The summed E-state index contributed by atoms with van der Waals surface area (Å²) in [4.78, 5) is 11.9. The second-order valence-electron chi connectivity index (χ2n) is 5.85. The van der Waals surface area contributed by atoms with E-state index in [1.165, 1.54) is 33.5 Å². The van der Waals surface area contributed by atoms with Crippen molar-refractivity contribution in [2.75, 3.05) is 5.01 Å². The summed E-state index contributed by atoms with van der Waals surface area (Å²) in [5.41, 5.74) is 10.7. The average molecular weight is 260 g/mol. The molecule has 0 saturated carbocycles. The molecule has 19 heavy (non-hydrogen) atoms. The fraction of sp³-hybridized carbons (Fsp3) is 0.562. The molecule has 0 spiro atoms. The third kappa shape index (κ3) is 1.92. The van der Waals surface area contributed by atoms with Gasteiger partial charge in [0.25, 0.3) is 0 Å². The molecule has 3 nitrogen and oxygen atoms in total. The van der Waals surface area contributed by atoms with Crippen LogP contribution in [0.3, 0.4) is 0 Å². The van der Waals surface area contributed by atoms with E-state index in [4.69, 9.17) is 0 Å². The van der Waals surface area contributed by atoms with E-state index in [0.717, 1.165) is 0 Å². The molecule has 0 aromatic heterocycles. The van der Waals surface area contributed by atoms with Crippen molar-refractivity contribution < 1.29 is 4.79 Å². The smallest absolute Gasteiger partial charge is 0.243 e. The molecule has 1 N–H and O–H groups in total.